The summed E-state index contributed by atoms with van der Waals surface area (Å²) in [5, 5.41) is 0. The predicted molar refractivity (Wildman–Crippen MR) is 89.0 cm³/mol. The van der Waals surface area contributed by atoms with Crippen molar-refractivity contribution in [3.63, 3.8) is 0 Å². The molecule has 0 saturated carbocycles. The zero-order valence-corrected chi connectivity index (χ0v) is 14.6. The zero-order valence-electron chi connectivity index (χ0n) is 13.8. The lowest BCUT2D eigenvalue weighted by Crippen LogP contribution is -2.51. The first-order chi connectivity index (χ1) is 11.0. The summed E-state index contributed by atoms with van der Waals surface area (Å²) in [6.07, 6.45) is 2.66. The molecule has 0 bridgehead atoms. The van der Waals surface area contributed by atoms with Gasteiger partial charge in [0, 0.05) is 25.7 Å². The Balaban J connectivity index is 2.31. The lowest BCUT2D eigenvalue weighted by molar-refractivity contribution is 0.144. The average Bonchev–Trinajstić information content (AvgIpc) is 2.55. The van der Waals surface area contributed by atoms with Crippen LogP contribution >= 0.6 is 0 Å². The van der Waals surface area contributed by atoms with Crippen LogP contribution in [-0.4, -0.2) is 51.7 Å². The molecule has 0 aliphatic carbocycles. The summed E-state index contributed by atoms with van der Waals surface area (Å²) >= 11 is 0. The smallest absolute Gasteiger partial charge is 0.247 e. The van der Waals surface area contributed by atoms with Gasteiger partial charge in [-0.05, 0) is 31.9 Å². The van der Waals surface area contributed by atoms with E-state index >= 15 is 0 Å². The van der Waals surface area contributed by atoms with Crippen LogP contribution in [-0.2, 0) is 14.8 Å². The van der Waals surface area contributed by atoms with Crippen molar-refractivity contribution >= 4 is 10.0 Å². The van der Waals surface area contributed by atoms with Gasteiger partial charge in [-0.2, -0.15) is 4.31 Å². The fourth-order valence-corrected chi connectivity index (χ4v) is 4.81. The highest BCUT2D eigenvalue weighted by molar-refractivity contribution is 7.89. The molecule has 23 heavy (non-hydrogen) atoms. The van der Waals surface area contributed by atoms with Crippen LogP contribution in [0.15, 0.2) is 29.2 Å². The van der Waals surface area contributed by atoms with E-state index in [1.54, 1.807) is 35.7 Å². The molecule has 0 aromatic heterocycles. The molecule has 1 heterocycles. The first kappa shape index (κ1) is 18.2. The first-order valence-electron chi connectivity index (χ1n) is 7.96. The quantitative estimate of drug-likeness (QED) is 0.761. The molecule has 6 nitrogen and oxygen atoms in total. The van der Waals surface area contributed by atoms with Gasteiger partial charge < -0.3 is 15.2 Å². The third-order valence-electron chi connectivity index (χ3n) is 4.09. The van der Waals surface area contributed by atoms with Gasteiger partial charge in [0.1, 0.15) is 17.3 Å². The Morgan fingerprint density at radius 1 is 1.30 bits per heavy atom. The summed E-state index contributed by atoms with van der Waals surface area (Å²) < 4.78 is 38.3. The normalized spacial score (nSPS) is 21.1. The number of nitrogens with two attached hydrogens (primary N) is 1. The van der Waals surface area contributed by atoms with Crippen molar-refractivity contribution in [2.24, 2.45) is 5.73 Å². The lowest BCUT2D eigenvalue weighted by atomic mass is 10.00. The Kier molecular flexibility index (Phi) is 6.41. The van der Waals surface area contributed by atoms with Crippen molar-refractivity contribution in [3.8, 4) is 5.75 Å². The van der Waals surface area contributed by atoms with Gasteiger partial charge in [0.15, 0.2) is 0 Å². The van der Waals surface area contributed by atoms with Crippen LogP contribution in [0.3, 0.4) is 0 Å². The number of para-hydroxylation sites is 1. The fraction of sp³-hybridized carbons (Fsp3) is 0.625. The maximum atomic E-state index is 13.1. The van der Waals surface area contributed by atoms with Crippen molar-refractivity contribution in [3.05, 3.63) is 24.3 Å². The molecule has 7 heteroatoms. The Hall–Kier alpha value is -1.15. The first-order valence-corrected chi connectivity index (χ1v) is 9.40. The Morgan fingerprint density at radius 3 is 2.74 bits per heavy atom. The summed E-state index contributed by atoms with van der Waals surface area (Å²) in [6.45, 7) is 3.07. The van der Waals surface area contributed by atoms with E-state index in [0.717, 1.165) is 19.3 Å². The van der Waals surface area contributed by atoms with Crippen LogP contribution in [0.5, 0.6) is 5.75 Å². The molecule has 130 valence electrons. The molecular weight excluding hydrogens is 316 g/mol. The molecule has 1 aromatic carbocycles. The number of methoxy groups -OCH3 is 1. The van der Waals surface area contributed by atoms with Crippen molar-refractivity contribution in [2.75, 3.05) is 26.9 Å². The molecule has 0 amide bonds. The number of benzene rings is 1. The second kappa shape index (κ2) is 8.10. The number of ether oxygens (including phenoxy) is 2. The summed E-state index contributed by atoms with van der Waals surface area (Å²) in [5.41, 5.74) is 6.01. The minimum atomic E-state index is -3.64. The largest absolute Gasteiger partial charge is 0.490 e. The molecule has 1 aromatic rings. The van der Waals surface area contributed by atoms with E-state index in [1.807, 2.05) is 6.92 Å². The van der Waals surface area contributed by atoms with Crippen molar-refractivity contribution in [2.45, 2.75) is 43.2 Å². The number of sulfonamides is 1. The molecular formula is C16H26N2O4S. The van der Waals surface area contributed by atoms with Gasteiger partial charge in [-0.15, -0.1) is 0 Å². The molecule has 1 saturated heterocycles. The van der Waals surface area contributed by atoms with Crippen LogP contribution in [0, 0.1) is 0 Å². The zero-order chi connectivity index (χ0) is 16.9. The van der Waals surface area contributed by atoms with Gasteiger partial charge in [-0.1, -0.05) is 18.6 Å². The van der Waals surface area contributed by atoms with Crippen molar-refractivity contribution < 1.29 is 17.9 Å². The van der Waals surface area contributed by atoms with E-state index in [-0.39, 0.29) is 17.0 Å². The number of hydrogen-bond donors (Lipinski definition) is 1. The van der Waals surface area contributed by atoms with E-state index in [2.05, 4.69) is 0 Å². The van der Waals surface area contributed by atoms with Crippen LogP contribution < -0.4 is 10.5 Å². The summed E-state index contributed by atoms with van der Waals surface area (Å²) in [6, 6.07) is 6.37. The molecule has 2 atom stereocenters. The molecule has 2 rings (SSSR count). The standard InChI is InChI=1S/C16H26N2O4S/c1-13(17)14-7-5-6-10-18(14)23(19,20)16-9-4-3-8-15(16)22-12-11-21-2/h3-4,8-9,13-14H,5-7,10-12,17H2,1-2H3. The topological polar surface area (TPSA) is 81.9 Å². The minimum Gasteiger partial charge on any atom is -0.490 e. The highest BCUT2D eigenvalue weighted by Crippen LogP contribution is 2.31. The third kappa shape index (κ3) is 4.23. The van der Waals surface area contributed by atoms with E-state index in [1.165, 1.54) is 0 Å². The highest BCUT2D eigenvalue weighted by Gasteiger charge is 2.36. The highest BCUT2D eigenvalue weighted by atomic mass is 32.2. The molecule has 1 aliphatic heterocycles. The van der Waals surface area contributed by atoms with Gasteiger partial charge in [-0.3, -0.25) is 0 Å². The van der Waals surface area contributed by atoms with Crippen molar-refractivity contribution in [1.29, 1.82) is 0 Å². The monoisotopic (exact) mass is 342 g/mol. The Morgan fingerprint density at radius 2 is 2.04 bits per heavy atom. The maximum Gasteiger partial charge on any atom is 0.247 e. The molecule has 0 radical (unpaired) electrons. The van der Waals surface area contributed by atoms with Crippen LogP contribution in [0.25, 0.3) is 0 Å². The fourth-order valence-electron chi connectivity index (χ4n) is 2.90. The SMILES string of the molecule is COCCOc1ccccc1S(=O)(=O)N1CCCCC1C(C)N. The van der Waals surface area contributed by atoms with Gasteiger partial charge in [0.25, 0.3) is 0 Å². The minimum absolute atomic E-state index is 0.166. The Bertz CT molecular complexity index is 604. The van der Waals surface area contributed by atoms with Crippen LogP contribution in [0.1, 0.15) is 26.2 Å². The van der Waals surface area contributed by atoms with E-state index in [4.69, 9.17) is 15.2 Å². The molecule has 2 N–H and O–H groups in total. The van der Waals surface area contributed by atoms with Crippen LogP contribution in [0.4, 0.5) is 0 Å². The summed E-state index contributed by atoms with van der Waals surface area (Å²) in [5.74, 6) is 0.360. The van der Waals surface area contributed by atoms with Gasteiger partial charge in [0.2, 0.25) is 10.0 Å². The van der Waals surface area contributed by atoms with E-state index in [9.17, 15) is 8.42 Å². The third-order valence-corrected chi connectivity index (χ3v) is 6.05. The number of hydrogen-bond acceptors (Lipinski definition) is 5. The summed E-state index contributed by atoms with van der Waals surface area (Å²) in [4.78, 5) is 0.198. The maximum absolute atomic E-state index is 13.1. The van der Waals surface area contributed by atoms with Crippen molar-refractivity contribution in [1.82, 2.24) is 4.31 Å². The molecule has 1 aliphatic rings. The number of rotatable bonds is 7. The average molecular weight is 342 g/mol. The Labute approximate surface area is 138 Å². The second-order valence-electron chi connectivity index (χ2n) is 5.83. The van der Waals surface area contributed by atoms with Gasteiger partial charge in [-0.25, -0.2) is 8.42 Å². The summed E-state index contributed by atoms with van der Waals surface area (Å²) in [7, 11) is -2.06. The van der Waals surface area contributed by atoms with Crippen LogP contribution in [0.2, 0.25) is 0 Å². The predicted octanol–water partition coefficient (Wildman–Crippen LogP) is 1.60. The van der Waals surface area contributed by atoms with Gasteiger partial charge in [0.05, 0.1) is 6.61 Å². The van der Waals surface area contributed by atoms with Gasteiger partial charge >= 0.3 is 0 Å². The number of piperidine rings is 1. The molecule has 0 spiro atoms. The second-order valence-corrected chi connectivity index (χ2v) is 7.68. The number of nitrogens with zero attached hydrogens (tertiary/aromatic N) is 1. The lowest BCUT2D eigenvalue weighted by Gasteiger charge is -2.37. The molecule has 2 unspecified atom stereocenters. The van der Waals surface area contributed by atoms with E-state index < -0.39 is 10.0 Å². The van der Waals surface area contributed by atoms with E-state index in [0.29, 0.717) is 25.5 Å². The molecule has 1 fully saturated rings.